The summed E-state index contributed by atoms with van der Waals surface area (Å²) < 4.78 is 5.45. The van der Waals surface area contributed by atoms with Crippen molar-refractivity contribution in [3.05, 3.63) is 72.9 Å². The van der Waals surface area contributed by atoms with Crippen molar-refractivity contribution in [3.8, 4) is 11.1 Å². The van der Waals surface area contributed by atoms with Crippen LogP contribution in [0.1, 0.15) is 0 Å². The van der Waals surface area contributed by atoms with Gasteiger partial charge in [0, 0.05) is 67.0 Å². The minimum absolute atomic E-state index is 0.589. The first-order valence-corrected chi connectivity index (χ1v) is 10.9. The summed E-state index contributed by atoms with van der Waals surface area (Å²) in [5, 5.41) is 4.38. The van der Waals surface area contributed by atoms with E-state index >= 15 is 0 Å². The fourth-order valence-electron chi connectivity index (χ4n) is 4.13. The lowest BCUT2D eigenvalue weighted by molar-refractivity contribution is 0.122. The van der Waals surface area contributed by atoms with Gasteiger partial charge in [-0.3, -0.25) is 0 Å². The van der Waals surface area contributed by atoms with Crippen molar-refractivity contribution in [1.29, 1.82) is 0 Å². The van der Waals surface area contributed by atoms with E-state index in [1.54, 1.807) is 0 Å². The summed E-state index contributed by atoms with van der Waals surface area (Å²) in [4.78, 5) is 13.9. The van der Waals surface area contributed by atoms with Crippen molar-refractivity contribution in [2.45, 2.75) is 0 Å². The van der Waals surface area contributed by atoms with Crippen LogP contribution in [0, 0.1) is 0 Å². The van der Waals surface area contributed by atoms with Crippen LogP contribution in [0.15, 0.2) is 72.9 Å². The van der Waals surface area contributed by atoms with E-state index in [0.717, 1.165) is 59.7 Å². The van der Waals surface area contributed by atoms with Gasteiger partial charge in [0.1, 0.15) is 0 Å². The molecule has 6 nitrogen and oxygen atoms in total. The molecule has 1 fully saturated rings. The second-order valence-electron chi connectivity index (χ2n) is 8.12. The average molecular weight is 426 g/mol. The molecule has 0 amide bonds. The zero-order valence-corrected chi connectivity index (χ0v) is 18.5. The molecular formula is C26H27N5O. The fourth-order valence-corrected chi connectivity index (χ4v) is 4.13. The second-order valence-corrected chi connectivity index (χ2v) is 8.12. The topological polar surface area (TPSA) is 53.5 Å². The molecule has 3 aromatic carbocycles. The van der Waals surface area contributed by atoms with E-state index in [1.807, 2.05) is 6.20 Å². The van der Waals surface area contributed by atoms with Crippen LogP contribution in [0.3, 0.4) is 0 Å². The first-order valence-electron chi connectivity index (χ1n) is 10.9. The summed E-state index contributed by atoms with van der Waals surface area (Å²) in [6.07, 6.45) is 1.88. The van der Waals surface area contributed by atoms with Gasteiger partial charge in [-0.15, -0.1) is 0 Å². The van der Waals surface area contributed by atoms with Crippen molar-refractivity contribution >= 4 is 33.9 Å². The number of hydrogen-bond donors (Lipinski definition) is 1. The van der Waals surface area contributed by atoms with Gasteiger partial charge in [-0.05, 0) is 30.3 Å². The van der Waals surface area contributed by atoms with E-state index in [0.29, 0.717) is 5.95 Å². The molecule has 2 heterocycles. The minimum Gasteiger partial charge on any atom is -0.378 e. The van der Waals surface area contributed by atoms with Crippen molar-refractivity contribution in [3.63, 3.8) is 0 Å². The third kappa shape index (κ3) is 4.09. The lowest BCUT2D eigenvalue weighted by Gasteiger charge is -2.28. The molecule has 0 radical (unpaired) electrons. The zero-order valence-electron chi connectivity index (χ0n) is 18.5. The molecule has 4 aromatic rings. The number of nitrogens with zero attached hydrogens (tertiary/aromatic N) is 4. The number of ether oxygens (including phenoxy) is 1. The molecule has 1 aliphatic rings. The number of fused-ring (bicyclic) bond motifs is 1. The molecule has 0 saturated carbocycles. The average Bonchev–Trinajstić information content (AvgIpc) is 2.84. The number of anilines is 4. The Kier molecular flexibility index (Phi) is 5.60. The molecular weight excluding hydrogens is 398 g/mol. The van der Waals surface area contributed by atoms with Crippen LogP contribution in [0.2, 0.25) is 0 Å². The Morgan fingerprint density at radius 2 is 1.62 bits per heavy atom. The molecule has 5 rings (SSSR count). The molecule has 0 atom stereocenters. The van der Waals surface area contributed by atoms with E-state index < -0.39 is 0 Å². The molecule has 0 spiro atoms. The van der Waals surface area contributed by atoms with Crippen LogP contribution >= 0.6 is 0 Å². The summed E-state index contributed by atoms with van der Waals surface area (Å²) in [5.74, 6) is 0.589. The van der Waals surface area contributed by atoms with E-state index in [1.165, 1.54) is 5.69 Å². The molecule has 0 bridgehead atoms. The highest BCUT2D eigenvalue weighted by molar-refractivity contribution is 5.97. The van der Waals surface area contributed by atoms with Gasteiger partial charge < -0.3 is 19.9 Å². The van der Waals surface area contributed by atoms with Gasteiger partial charge in [0.2, 0.25) is 5.95 Å². The molecule has 1 N–H and O–H groups in total. The molecule has 32 heavy (non-hydrogen) atoms. The van der Waals surface area contributed by atoms with Gasteiger partial charge >= 0.3 is 0 Å². The number of para-hydroxylation sites is 2. The monoisotopic (exact) mass is 425 g/mol. The lowest BCUT2D eigenvalue weighted by Crippen LogP contribution is -2.36. The highest BCUT2D eigenvalue weighted by atomic mass is 16.5. The second kappa shape index (κ2) is 8.85. The standard InChI is InChI=1S/C26H27N5O/c1-30(2)24-9-4-3-7-22(24)23-8-5-6-19-18-27-26(29-25(19)23)28-20-10-12-21(13-11-20)31-14-16-32-17-15-31/h3-13,18H,14-17H2,1-2H3,(H,27,28,29). The maximum atomic E-state index is 5.45. The van der Waals surface area contributed by atoms with E-state index in [9.17, 15) is 0 Å². The first kappa shape index (κ1) is 20.3. The van der Waals surface area contributed by atoms with E-state index in [2.05, 4.69) is 101 Å². The van der Waals surface area contributed by atoms with Crippen LogP contribution in [-0.4, -0.2) is 50.4 Å². The number of nitrogens with one attached hydrogen (secondary N) is 1. The number of aromatic nitrogens is 2. The van der Waals surface area contributed by atoms with E-state index in [-0.39, 0.29) is 0 Å². The predicted molar refractivity (Wildman–Crippen MR) is 132 cm³/mol. The Balaban J connectivity index is 1.46. The molecule has 1 aliphatic heterocycles. The lowest BCUT2D eigenvalue weighted by atomic mass is 10.0. The normalized spacial score (nSPS) is 13.9. The highest BCUT2D eigenvalue weighted by Crippen LogP contribution is 2.34. The van der Waals surface area contributed by atoms with Crippen LogP contribution in [0.5, 0.6) is 0 Å². The number of benzene rings is 3. The van der Waals surface area contributed by atoms with Crippen molar-refractivity contribution in [2.75, 3.05) is 55.5 Å². The third-order valence-electron chi connectivity index (χ3n) is 5.79. The van der Waals surface area contributed by atoms with Gasteiger partial charge in [0.25, 0.3) is 0 Å². The van der Waals surface area contributed by atoms with Gasteiger partial charge in [-0.2, -0.15) is 0 Å². The smallest absolute Gasteiger partial charge is 0.227 e. The minimum atomic E-state index is 0.589. The fraction of sp³-hybridized carbons (Fsp3) is 0.231. The Morgan fingerprint density at radius 1 is 0.875 bits per heavy atom. The van der Waals surface area contributed by atoms with Crippen molar-refractivity contribution < 1.29 is 4.74 Å². The van der Waals surface area contributed by atoms with Crippen molar-refractivity contribution in [2.24, 2.45) is 0 Å². The first-order chi connectivity index (χ1) is 15.7. The maximum absolute atomic E-state index is 5.45. The highest BCUT2D eigenvalue weighted by Gasteiger charge is 2.13. The number of morpholine rings is 1. The number of rotatable bonds is 5. The summed E-state index contributed by atoms with van der Waals surface area (Å²) in [6.45, 7) is 3.42. The van der Waals surface area contributed by atoms with Crippen LogP contribution in [-0.2, 0) is 4.74 Å². The molecule has 6 heteroatoms. The summed E-state index contributed by atoms with van der Waals surface area (Å²) >= 11 is 0. The Morgan fingerprint density at radius 3 is 2.41 bits per heavy atom. The van der Waals surface area contributed by atoms with Gasteiger partial charge in [0.15, 0.2) is 0 Å². The molecule has 1 aromatic heterocycles. The van der Waals surface area contributed by atoms with Gasteiger partial charge in [-0.1, -0.05) is 36.4 Å². The van der Waals surface area contributed by atoms with Gasteiger partial charge in [0.05, 0.1) is 18.7 Å². The number of hydrogen-bond acceptors (Lipinski definition) is 6. The summed E-state index contributed by atoms with van der Waals surface area (Å²) in [7, 11) is 4.12. The van der Waals surface area contributed by atoms with E-state index in [4.69, 9.17) is 9.72 Å². The maximum Gasteiger partial charge on any atom is 0.227 e. The Bertz CT molecular complexity index is 1220. The summed E-state index contributed by atoms with van der Waals surface area (Å²) in [6, 6.07) is 23.1. The van der Waals surface area contributed by atoms with Crippen molar-refractivity contribution in [1.82, 2.24) is 9.97 Å². The van der Waals surface area contributed by atoms with Gasteiger partial charge in [-0.25, -0.2) is 9.97 Å². The largest absolute Gasteiger partial charge is 0.378 e. The SMILES string of the molecule is CN(C)c1ccccc1-c1cccc2cnc(Nc3ccc(N4CCOCC4)cc3)nc12. The molecule has 0 aliphatic carbocycles. The third-order valence-corrected chi connectivity index (χ3v) is 5.79. The zero-order chi connectivity index (χ0) is 21.9. The molecule has 0 unspecified atom stereocenters. The van der Waals surface area contributed by atoms with Crippen LogP contribution in [0.25, 0.3) is 22.0 Å². The molecule has 1 saturated heterocycles. The summed E-state index contributed by atoms with van der Waals surface area (Å²) in [5.41, 5.74) is 6.52. The van der Waals surface area contributed by atoms with Crippen LogP contribution < -0.4 is 15.1 Å². The Hall–Kier alpha value is -3.64. The van der Waals surface area contributed by atoms with Crippen LogP contribution in [0.4, 0.5) is 23.0 Å². The quantitative estimate of drug-likeness (QED) is 0.489. The predicted octanol–water partition coefficient (Wildman–Crippen LogP) is 4.94. The Labute approximate surface area is 188 Å². The molecule has 162 valence electrons.